The molecule has 1 amide bonds. The standard InChI is InChI=1S/C32H31ClN2O6/c1-32(2)16-23-29(26(37)17-32)31(21-12-11-20(15-22(21)33)41-18-19-7-4-3-5-8-19)35(27(38)13-14-28(39)40)24-9-6-10-25(36)30(24)34-23/h3-12,15,31,34,36H,13-14,16-18H2,1-2H3,(H,39,40)/t31-/m0/s1. The van der Waals surface area contributed by atoms with Crippen LogP contribution < -0.4 is 15.0 Å². The second kappa shape index (κ2) is 11.3. The first-order chi connectivity index (χ1) is 19.5. The molecule has 9 heteroatoms. The van der Waals surface area contributed by atoms with Gasteiger partial charge in [0.1, 0.15) is 23.8 Å². The molecule has 3 aromatic rings. The molecule has 0 unspecified atom stereocenters. The number of benzene rings is 3. The Morgan fingerprint density at radius 1 is 1.05 bits per heavy atom. The molecule has 212 valence electrons. The second-order valence-corrected chi connectivity index (χ2v) is 11.6. The normalized spacial score (nSPS) is 17.7. The summed E-state index contributed by atoms with van der Waals surface area (Å²) in [6.07, 6.45) is 0.0421. The van der Waals surface area contributed by atoms with Gasteiger partial charge >= 0.3 is 5.97 Å². The fourth-order valence-corrected chi connectivity index (χ4v) is 5.78. The van der Waals surface area contributed by atoms with Gasteiger partial charge < -0.3 is 20.3 Å². The van der Waals surface area contributed by atoms with Crippen LogP contribution >= 0.6 is 11.6 Å². The Labute approximate surface area is 243 Å². The predicted molar refractivity (Wildman–Crippen MR) is 156 cm³/mol. The summed E-state index contributed by atoms with van der Waals surface area (Å²) >= 11 is 6.87. The van der Waals surface area contributed by atoms with E-state index in [1.807, 2.05) is 44.2 Å². The van der Waals surface area contributed by atoms with Crippen LogP contribution in [0.25, 0.3) is 0 Å². The van der Waals surface area contributed by atoms with Crippen molar-refractivity contribution in [3.63, 3.8) is 0 Å². The van der Waals surface area contributed by atoms with Gasteiger partial charge in [-0.3, -0.25) is 19.3 Å². The Hall–Kier alpha value is -4.30. The Morgan fingerprint density at radius 2 is 1.80 bits per heavy atom. The number of aromatic hydroxyl groups is 1. The first-order valence-corrected chi connectivity index (χ1v) is 13.8. The van der Waals surface area contributed by atoms with Crippen molar-refractivity contribution in [1.29, 1.82) is 0 Å². The Bertz CT molecular complexity index is 1550. The van der Waals surface area contributed by atoms with E-state index in [1.165, 1.54) is 11.0 Å². The minimum Gasteiger partial charge on any atom is -0.506 e. The average molecular weight is 575 g/mol. The fourth-order valence-electron chi connectivity index (χ4n) is 5.51. The van der Waals surface area contributed by atoms with E-state index in [0.29, 0.717) is 41.3 Å². The molecule has 2 aliphatic rings. The molecule has 0 fully saturated rings. The molecule has 1 atom stereocenters. The Morgan fingerprint density at radius 3 is 2.51 bits per heavy atom. The van der Waals surface area contributed by atoms with Crippen molar-refractivity contribution < 1.29 is 29.3 Å². The number of phenolic OH excluding ortho intramolecular Hbond substituents is 1. The number of rotatable bonds is 7. The number of ether oxygens (including phenoxy) is 1. The van der Waals surface area contributed by atoms with Crippen molar-refractivity contribution in [2.45, 2.75) is 52.2 Å². The first-order valence-electron chi connectivity index (χ1n) is 13.4. The molecule has 41 heavy (non-hydrogen) atoms. The van der Waals surface area contributed by atoms with Gasteiger partial charge in [-0.15, -0.1) is 0 Å². The van der Waals surface area contributed by atoms with Crippen LogP contribution in [0.1, 0.15) is 56.7 Å². The summed E-state index contributed by atoms with van der Waals surface area (Å²) in [5, 5.41) is 23.7. The van der Waals surface area contributed by atoms with Gasteiger partial charge in [-0.2, -0.15) is 0 Å². The van der Waals surface area contributed by atoms with Gasteiger partial charge in [0.2, 0.25) is 5.91 Å². The number of halogens is 1. The number of ketones is 1. The Balaban J connectivity index is 1.65. The van der Waals surface area contributed by atoms with Gasteiger partial charge in [-0.25, -0.2) is 0 Å². The number of allylic oxidation sites excluding steroid dienone is 1. The van der Waals surface area contributed by atoms with Crippen LogP contribution in [0.15, 0.2) is 78.0 Å². The molecule has 8 nitrogen and oxygen atoms in total. The molecule has 0 spiro atoms. The highest BCUT2D eigenvalue weighted by Gasteiger charge is 2.44. The number of Topliss-reactive ketones (excluding diaryl/α,β-unsaturated/α-hetero) is 1. The van der Waals surface area contributed by atoms with Crippen molar-refractivity contribution in [2.75, 3.05) is 10.2 Å². The van der Waals surface area contributed by atoms with Crippen molar-refractivity contribution in [1.82, 2.24) is 0 Å². The number of hydrogen-bond acceptors (Lipinski definition) is 6. The zero-order valence-corrected chi connectivity index (χ0v) is 23.6. The summed E-state index contributed by atoms with van der Waals surface area (Å²) < 4.78 is 5.95. The number of carbonyl (C=O) groups excluding carboxylic acids is 2. The molecule has 3 aromatic carbocycles. The lowest BCUT2D eigenvalue weighted by Crippen LogP contribution is -2.39. The number of aliphatic carboxylic acids is 1. The Kier molecular flexibility index (Phi) is 7.78. The number of para-hydroxylation sites is 1. The molecular weight excluding hydrogens is 544 g/mol. The number of carbonyl (C=O) groups is 3. The van der Waals surface area contributed by atoms with Crippen LogP contribution in [0, 0.1) is 5.41 Å². The second-order valence-electron chi connectivity index (χ2n) is 11.1. The van der Waals surface area contributed by atoms with Crippen molar-refractivity contribution in [3.05, 3.63) is 94.1 Å². The summed E-state index contributed by atoms with van der Waals surface area (Å²) in [5.41, 5.74) is 2.66. The molecule has 0 saturated heterocycles. The van der Waals surface area contributed by atoms with Gasteiger partial charge in [-0.1, -0.05) is 67.9 Å². The molecule has 3 N–H and O–H groups in total. The molecule has 1 aliphatic heterocycles. The van der Waals surface area contributed by atoms with E-state index in [-0.39, 0.29) is 40.5 Å². The topological polar surface area (TPSA) is 116 Å². The van der Waals surface area contributed by atoms with Crippen LogP contribution in [0.4, 0.5) is 11.4 Å². The zero-order chi connectivity index (χ0) is 29.3. The first kappa shape index (κ1) is 28.2. The third-order valence-corrected chi connectivity index (χ3v) is 7.67. The summed E-state index contributed by atoms with van der Waals surface area (Å²) in [6, 6.07) is 18.6. The number of nitrogens with one attached hydrogen (secondary N) is 1. The molecule has 1 heterocycles. The van der Waals surface area contributed by atoms with Crippen molar-refractivity contribution in [3.8, 4) is 11.5 Å². The maximum Gasteiger partial charge on any atom is 0.303 e. The van der Waals surface area contributed by atoms with Crippen molar-refractivity contribution >= 4 is 40.6 Å². The van der Waals surface area contributed by atoms with E-state index in [0.717, 1.165) is 5.56 Å². The number of fused-ring (bicyclic) bond motifs is 1. The minimum absolute atomic E-state index is 0.0994. The average Bonchev–Trinajstić information content (AvgIpc) is 3.06. The number of phenols is 1. The lowest BCUT2D eigenvalue weighted by molar-refractivity contribution is -0.138. The van der Waals surface area contributed by atoms with Gasteiger partial charge in [-0.05, 0) is 47.2 Å². The van der Waals surface area contributed by atoms with Crippen LogP contribution in [0.3, 0.4) is 0 Å². The lowest BCUT2D eigenvalue weighted by Gasteiger charge is -2.37. The van der Waals surface area contributed by atoms with E-state index < -0.39 is 24.3 Å². The summed E-state index contributed by atoms with van der Waals surface area (Å²) in [5.74, 6) is -1.37. The van der Waals surface area contributed by atoms with E-state index in [2.05, 4.69) is 5.32 Å². The molecular formula is C32H31ClN2O6. The van der Waals surface area contributed by atoms with E-state index >= 15 is 0 Å². The van der Waals surface area contributed by atoms with E-state index in [9.17, 15) is 24.6 Å². The smallest absolute Gasteiger partial charge is 0.303 e. The largest absolute Gasteiger partial charge is 0.506 e. The number of nitrogens with zero attached hydrogens (tertiary/aromatic N) is 1. The predicted octanol–water partition coefficient (Wildman–Crippen LogP) is 6.63. The highest BCUT2D eigenvalue weighted by molar-refractivity contribution is 6.31. The van der Waals surface area contributed by atoms with E-state index in [4.69, 9.17) is 16.3 Å². The van der Waals surface area contributed by atoms with Crippen LogP contribution in [-0.2, 0) is 21.0 Å². The van der Waals surface area contributed by atoms with E-state index in [1.54, 1.807) is 30.3 Å². The minimum atomic E-state index is -1.12. The van der Waals surface area contributed by atoms with Crippen LogP contribution in [0.2, 0.25) is 5.02 Å². The maximum absolute atomic E-state index is 13.8. The van der Waals surface area contributed by atoms with Crippen molar-refractivity contribution in [2.24, 2.45) is 5.41 Å². The molecule has 0 bridgehead atoms. The van der Waals surface area contributed by atoms with Gasteiger partial charge in [0.25, 0.3) is 0 Å². The third kappa shape index (κ3) is 5.93. The summed E-state index contributed by atoms with van der Waals surface area (Å²) in [6.45, 7) is 4.31. The van der Waals surface area contributed by atoms with Gasteiger partial charge in [0.05, 0.1) is 18.2 Å². The summed E-state index contributed by atoms with van der Waals surface area (Å²) in [7, 11) is 0. The quantitative estimate of drug-likeness (QED) is 0.271. The third-order valence-electron chi connectivity index (χ3n) is 7.34. The molecule has 0 saturated carbocycles. The maximum atomic E-state index is 13.8. The molecule has 1 aliphatic carbocycles. The van der Waals surface area contributed by atoms with Gasteiger partial charge in [0.15, 0.2) is 5.78 Å². The monoisotopic (exact) mass is 574 g/mol. The van der Waals surface area contributed by atoms with Gasteiger partial charge in [0, 0.05) is 29.1 Å². The number of anilines is 2. The molecule has 0 aromatic heterocycles. The molecule has 0 radical (unpaired) electrons. The number of carboxylic acid groups (broad SMARTS) is 1. The zero-order valence-electron chi connectivity index (χ0n) is 22.8. The number of hydrogen-bond donors (Lipinski definition) is 3. The summed E-state index contributed by atoms with van der Waals surface area (Å²) in [4.78, 5) is 40.4. The van der Waals surface area contributed by atoms with Crippen LogP contribution in [0.5, 0.6) is 11.5 Å². The number of carboxylic acids is 1. The molecule has 5 rings (SSSR count). The highest BCUT2D eigenvalue weighted by atomic mass is 35.5. The SMILES string of the molecule is CC1(C)CC(=O)C2=C(C1)Nc1c(O)cccc1N(C(=O)CCC(=O)O)[C@H]2c1ccc(OCc2ccccc2)cc1Cl. The highest BCUT2D eigenvalue weighted by Crippen LogP contribution is 2.51. The lowest BCUT2D eigenvalue weighted by atomic mass is 9.73. The fraction of sp³-hybridized carbons (Fsp3) is 0.281. The number of amides is 1. The van der Waals surface area contributed by atoms with Crippen LogP contribution in [-0.4, -0.2) is 27.9 Å².